The monoisotopic (exact) mass is 422 g/mol. The summed E-state index contributed by atoms with van der Waals surface area (Å²) in [7, 11) is 0. The second-order valence-corrected chi connectivity index (χ2v) is 8.66. The van der Waals surface area contributed by atoms with Crippen LogP contribution in [0, 0.1) is 11.6 Å². The Morgan fingerprint density at radius 1 is 1.03 bits per heavy atom. The first-order chi connectivity index (χ1) is 15.2. The molecule has 0 aliphatic carbocycles. The van der Waals surface area contributed by atoms with Crippen molar-refractivity contribution >= 4 is 5.82 Å². The van der Waals surface area contributed by atoms with Crippen LogP contribution in [-0.2, 0) is 13.0 Å². The highest BCUT2D eigenvalue weighted by atomic mass is 19.1. The molecular formula is C25H28F2N4. The van der Waals surface area contributed by atoms with E-state index in [4.69, 9.17) is 5.10 Å². The number of benzene rings is 2. The summed E-state index contributed by atoms with van der Waals surface area (Å²) < 4.78 is 29.8. The van der Waals surface area contributed by atoms with Gasteiger partial charge in [0.15, 0.2) is 5.82 Å². The Morgan fingerprint density at radius 2 is 1.90 bits per heavy atom. The van der Waals surface area contributed by atoms with Crippen molar-refractivity contribution in [3.8, 4) is 5.69 Å². The zero-order chi connectivity index (χ0) is 21.2. The fourth-order valence-electron chi connectivity index (χ4n) is 4.95. The number of hydrogen-bond acceptors (Lipinski definition) is 3. The number of hydrogen-bond donors (Lipinski definition) is 1. The van der Waals surface area contributed by atoms with Crippen molar-refractivity contribution in [1.82, 2.24) is 14.7 Å². The van der Waals surface area contributed by atoms with Crippen molar-refractivity contribution in [2.45, 2.75) is 44.6 Å². The van der Waals surface area contributed by atoms with Gasteiger partial charge >= 0.3 is 0 Å². The maximum Gasteiger partial charge on any atom is 0.151 e. The average Bonchev–Trinajstić information content (AvgIpc) is 2.95. The molecule has 2 aliphatic heterocycles. The van der Waals surface area contributed by atoms with Gasteiger partial charge in [-0.15, -0.1) is 0 Å². The molecule has 2 aliphatic rings. The molecule has 1 aromatic heterocycles. The molecule has 0 bridgehead atoms. The van der Waals surface area contributed by atoms with Gasteiger partial charge in [0.1, 0.15) is 17.3 Å². The van der Waals surface area contributed by atoms with Crippen LogP contribution in [0.15, 0.2) is 48.5 Å². The van der Waals surface area contributed by atoms with Crippen molar-refractivity contribution in [2.75, 3.05) is 25.0 Å². The van der Waals surface area contributed by atoms with E-state index in [1.165, 1.54) is 23.3 Å². The van der Waals surface area contributed by atoms with E-state index in [9.17, 15) is 8.78 Å². The molecule has 162 valence electrons. The summed E-state index contributed by atoms with van der Waals surface area (Å²) in [5, 5.41) is 8.40. The van der Waals surface area contributed by atoms with Crippen LogP contribution in [0.25, 0.3) is 5.69 Å². The lowest BCUT2D eigenvalue weighted by atomic mass is 9.91. The van der Waals surface area contributed by atoms with Crippen LogP contribution in [0.1, 0.15) is 48.4 Å². The molecule has 1 saturated heterocycles. The van der Waals surface area contributed by atoms with Crippen LogP contribution in [0.3, 0.4) is 0 Å². The molecule has 3 heterocycles. The normalized spacial score (nSPS) is 19.5. The third-order valence-electron chi connectivity index (χ3n) is 6.44. The minimum atomic E-state index is -0.586. The van der Waals surface area contributed by atoms with E-state index >= 15 is 0 Å². The Balaban J connectivity index is 1.48. The van der Waals surface area contributed by atoms with Crippen molar-refractivity contribution < 1.29 is 8.78 Å². The smallest absolute Gasteiger partial charge is 0.151 e. The van der Waals surface area contributed by atoms with Crippen molar-refractivity contribution in [3.05, 3.63) is 77.0 Å². The van der Waals surface area contributed by atoms with Crippen LogP contribution < -0.4 is 5.32 Å². The number of likely N-dealkylation sites (tertiary alicyclic amines) is 1. The second kappa shape index (κ2) is 8.79. The van der Waals surface area contributed by atoms with E-state index in [1.54, 1.807) is 4.68 Å². The molecule has 3 aromatic rings. The van der Waals surface area contributed by atoms with E-state index < -0.39 is 11.6 Å². The van der Waals surface area contributed by atoms with Gasteiger partial charge < -0.3 is 5.32 Å². The molecule has 1 N–H and O–H groups in total. The van der Waals surface area contributed by atoms with Crippen molar-refractivity contribution in [3.63, 3.8) is 0 Å². The summed E-state index contributed by atoms with van der Waals surface area (Å²) in [6.07, 6.45) is 5.31. The topological polar surface area (TPSA) is 33.1 Å². The zero-order valence-corrected chi connectivity index (χ0v) is 17.7. The number of nitrogens with one attached hydrogen (secondary N) is 1. The highest BCUT2D eigenvalue weighted by Crippen LogP contribution is 2.36. The summed E-state index contributed by atoms with van der Waals surface area (Å²) in [5.74, 6) is 0.0304. The molecule has 0 spiro atoms. The molecule has 4 nitrogen and oxygen atoms in total. The van der Waals surface area contributed by atoms with Gasteiger partial charge in [0.25, 0.3) is 0 Å². The summed E-state index contributed by atoms with van der Waals surface area (Å²) in [5.41, 5.74) is 3.90. The lowest BCUT2D eigenvalue weighted by Gasteiger charge is -2.32. The van der Waals surface area contributed by atoms with E-state index in [-0.39, 0.29) is 0 Å². The Labute approximate surface area is 181 Å². The minimum Gasteiger partial charge on any atom is -0.370 e. The first-order valence-electron chi connectivity index (χ1n) is 11.3. The molecule has 1 atom stereocenters. The van der Waals surface area contributed by atoms with E-state index in [0.717, 1.165) is 75.9 Å². The van der Waals surface area contributed by atoms with E-state index in [1.807, 2.05) is 6.07 Å². The van der Waals surface area contributed by atoms with E-state index in [0.29, 0.717) is 11.6 Å². The standard InChI is InChI=1S/C25H28F2N4/c26-20-11-12-23(22(27)15-20)31-25-21(10-4-5-13-28-25)24(29-31)19-9-6-14-30(17-19)16-18-7-2-1-3-8-18/h1-3,7-8,11-12,15,19,28H,4-6,9-10,13-14,16-17H2. The molecule has 0 radical (unpaired) electrons. The van der Waals surface area contributed by atoms with Crippen LogP contribution in [0.2, 0.25) is 0 Å². The summed E-state index contributed by atoms with van der Waals surface area (Å²) in [6.45, 7) is 3.81. The first-order valence-corrected chi connectivity index (χ1v) is 11.3. The van der Waals surface area contributed by atoms with Gasteiger partial charge in [-0.1, -0.05) is 30.3 Å². The van der Waals surface area contributed by atoms with Gasteiger partial charge in [-0.3, -0.25) is 4.90 Å². The molecule has 1 unspecified atom stereocenters. The minimum absolute atomic E-state index is 0.301. The van der Waals surface area contributed by atoms with E-state index in [2.05, 4.69) is 34.5 Å². The predicted octanol–water partition coefficient (Wildman–Crippen LogP) is 5.28. The largest absolute Gasteiger partial charge is 0.370 e. The lowest BCUT2D eigenvalue weighted by molar-refractivity contribution is 0.198. The fourth-order valence-corrected chi connectivity index (χ4v) is 4.95. The highest BCUT2D eigenvalue weighted by Gasteiger charge is 2.30. The lowest BCUT2D eigenvalue weighted by Crippen LogP contribution is -2.34. The van der Waals surface area contributed by atoms with Crippen LogP contribution >= 0.6 is 0 Å². The van der Waals surface area contributed by atoms with Gasteiger partial charge in [-0.05, 0) is 56.3 Å². The van der Waals surface area contributed by atoms with Crippen molar-refractivity contribution in [2.24, 2.45) is 0 Å². The molecule has 6 heteroatoms. The predicted molar refractivity (Wildman–Crippen MR) is 119 cm³/mol. The van der Waals surface area contributed by atoms with Gasteiger partial charge in [-0.25, -0.2) is 13.5 Å². The molecule has 2 aromatic carbocycles. The summed E-state index contributed by atoms with van der Waals surface area (Å²) in [6, 6.07) is 14.3. The SMILES string of the molecule is Fc1ccc(-n2nc(C3CCCN(Cc4ccccc4)C3)c3c2NCCCC3)c(F)c1. The molecule has 0 amide bonds. The number of piperidine rings is 1. The molecule has 31 heavy (non-hydrogen) atoms. The number of aromatic nitrogens is 2. The number of anilines is 1. The van der Waals surface area contributed by atoms with Gasteiger partial charge in [-0.2, -0.15) is 5.10 Å². The maximum absolute atomic E-state index is 14.6. The Morgan fingerprint density at radius 3 is 2.74 bits per heavy atom. The van der Waals surface area contributed by atoms with Gasteiger partial charge in [0.05, 0.1) is 5.69 Å². The molecular weight excluding hydrogens is 394 g/mol. The van der Waals surface area contributed by atoms with Gasteiger partial charge in [0, 0.05) is 37.2 Å². The Bertz CT molecular complexity index is 1050. The number of fused-ring (bicyclic) bond motifs is 1. The highest BCUT2D eigenvalue weighted by molar-refractivity contribution is 5.55. The molecule has 5 rings (SSSR count). The summed E-state index contributed by atoms with van der Waals surface area (Å²) >= 11 is 0. The zero-order valence-electron chi connectivity index (χ0n) is 17.7. The van der Waals surface area contributed by atoms with Crippen LogP contribution in [0.5, 0.6) is 0 Å². The molecule has 0 saturated carbocycles. The Hall–Kier alpha value is -2.73. The maximum atomic E-state index is 14.6. The average molecular weight is 423 g/mol. The quantitative estimate of drug-likeness (QED) is 0.621. The first kappa shape index (κ1) is 20.2. The van der Waals surface area contributed by atoms with Crippen LogP contribution in [0.4, 0.5) is 14.6 Å². The van der Waals surface area contributed by atoms with Crippen LogP contribution in [-0.4, -0.2) is 34.3 Å². The number of rotatable bonds is 4. The number of nitrogens with zero attached hydrogens (tertiary/aromatic N) is 3. The summed E-state index contributed by atoms with van der Waals surface area (Å²) in [4.78, 5) is 2.50. The number of halogens is 2. The third-order valence-corrected chi connectivity index (χ3v) is 6.44. The van der Waals surface area contributed by atoms with Crippen molar-refractivity contribution in [1.29, 1.82) is 0 Å². The Kier molecular flexibility index (Phi) is 5.72. The van der Waals surface area contributed by atoms with Gasteiger partial charge in [0.2, 0.25) is 0 Å². The second-order valence-electron chi connectivity index (χ2n) is 8.66. The molecule has 1 fully saturated rings. The fraction of sp³-hybridized carbons (Fsp3) is 0.400. The third kappa shape index (κ3) is 4.22.